The number of aromatic amines is 1. The number of benzene rings is 1. The summed E-state index contributed by atoms with van der Waals surface area (Å²) in [5.41, 5.74) is 1.64. The Morgan fingerprint density at radius 2 is 2.29 bits per heavy atom. The molecule has 0 fully saturated rings. The third-order valence-corrected chi connectivity index (χ3v) is 1.79. The molecule has 4 heteroatoms. The quantitative estimate of drug-likeness (QED) is 0.766. The molecule has 0 spiro atoms. The van der Waals surface area contributed by atoms with Gasteiger partial charge < -0.3 is 10.3 Å². The van der Waals surface area contributed by atoms with Gasteiger partial charge in [0.15, 0.2) is 0 Å². The Morgan fingerprint density at radius 1 is 1.43 bits per heavy atom. The minimum atomic E-state index is -0.265. The zero-order valence-corrected chi connectivity index (χ0v) is 7.71. The molecule has 0 saturated heterocycles. The van der Waals surface area contributed by atoms with Crippen molar-refractivity contribution < 1.29 is 4.39 Å². The normalized spacial score (nSPS) is 10.1. The van der Waals surface area contributed by atoms with E-state index < -0.39 is 0 Å². The van der Waals surface area contributed by atoms with E-state index in [0.29, 0.717) is 11.6 Å². The minimum absolute atomic E-state index is 0.265. The highest BCUT2D eigenvalue weighted by atomic mass is 19.1. The Hall–Kier alpha value is -1.84. The molecule has 2 aromatic rings. The van der Waals surface area contributed by atoms with Gasteiger partial charge >= 0.3 is 0 Å². The third kappa shape index (κ3) is 1.90. The minimum Gasteiger partial charge on any atom is -0.328 e. The second-order valence-electron chi connectivity index (χ2n) is 3.05. The van der Waals surface area contributed by atoms with Gasteiger partial charge in [-0.1, -0.05) is 6.07 Å². The lowest BCUT2D eigenvalue weighted by atomic mass is 10.3. The van der Waals surface area contributed by atoms with Crippen LogP contribution in [0, 0.1) is 12.7 Å². The Labute approximate surface area is 81.0 Å². The Morgan fingerprint density at radius 3 is 2.93 bits per heavy atom. The van der Waals surface area contributed by atoms with Gasteiger partial charge in [0.25, 0.3) is 0 Å². The summed E-state index contributed by atoms with van der Waals surface area (Å²) in [4.78, 5) is 7.05. The second-order valence-corrected chi connectivity index (χ2v) is 3.05. The van der Waals surface area contributed by atoms with E-state index in [0.717, 1.165) is 5.69 Å². The summed E-state index contributed by atoms with van der Waals surface area (Å²) >= 11 is 0. The van der Waals surface area contributed by atoms with Gasteiger partial charge in [0, 0.05) is 17.6 Å². The molecule has 0 aliphatic rings. The number of aromatic nitrogens is 2. The van der Waals surface area contributed by atoms with E-state index in [-0.39, 0.29) is 5.82 Å². The number of imidazole rings is 1. The number of hydrogen-bond acceptors (Lipinski definition) is 2. The van der Waals surface area contributed by atoms with Gasteiger partial charge in [0.2, 0.25) is 5.95 Å². The second kappa shape index (κ2) is 3.49. The first-order valence-corrected chi connectivity index (χ1v) is 4.28. The Balaban J connectivity index is 2.18. The molecule has 0 saturated carbocycles. The van der Waals surface area contributed by atoms with Crippen LogP contribution in [0.3, 0.4) is 0 Å². The molecular weight excluding hydrogens is 181 g/mol. The van der Waals surface area contributed by atoms with Crippen LogP contribution in [0.2, 0.25) is 0 Å². The molecule has 0 aliphatic heterocycles. The van der Waals surface area contributed by atoms with Crippen LogP contribution in [-0.2, 0) is 0 Å². The molecule has 0 radical (unpaired) electrons. The van der Waals surface area contributed by atoms with Crippen LogP contribution in [0.15, 0.2) is 30.5 Å². The molecule has 0 atom stereocenters. The molecule has 72 valence electrons. The topological polar surface area (TPSA) is 40.7 Å². The number of nitrogens with zero attached hydrogens (tertiary/aromatic N) is 1. The van der Waals surface area contributed by atoms with Gasteiger partial charge in [-0.3, -0.25) is 0 Å². The van der Waals surface area contributed by atoms with Crippen molar-refractivity contribution in [2.75, 3.05) is 5.32 Å². The average Bonchev–Trinajstić information content (AvgIpc) is 2.51. The van der Waals surface area contributed by atoms with Gasteiger partial charge in [-0.15, -0.1) is 0 Å². The molecule has 3 nitrogen and oxygen atoms in total. The third-order valence-electron chi connectivity index (χ3n) is 1.79. The van der Waals surface area contributed by atoms with E-state index in [1.165, 1.54) is 12.1 Å². The highest BCUT2D eigenvalue weighted by molar-refractivity contribution is 5.53. The highest BCUT2D eigenvalue weighted by Crippen LogP contribution is 2.13. The summed E-state index contributed by atoms with van der Waals surface area (Å²) < 4.78 is 12.8. The summed E-state index contributed by atoms with van der Waals surface area (Å²) in [7, 11) is 0. The van der Waals surface area contributed by atoms with Crippen molar-refractivity contribution >= 4 is 11.6 Å². The van der Waals surface area contributed by atoms with E-state index in [2.05, 4.69) is 15.3 Å². The van der Waals surface area contributed by atoms with Crippen LogP contribution in [0.1, 0.15) is 5.69 Å². The van der Waals surface area contributed by atoms with E-state index >= 15 is 0 Å². The maximum absolute atomic E-state index is 12.8. The largest absolute Gasteiger partial charge is 0.328 e. The van der Waals surface area contributed by atoms with Gasteiger partial charge in [-0.25, -0.2) is 9.37 Å². The first kappa shape index (κ1) is 8.74. The molecule has 0 unspecified atom stereocenters. The lowest BCUT2D eigenvalue weighted by molar-refractivity contribution is 0.628. The zero-order valence-electron chi connectivity index (χ0n) is 7.71. The molecule has 2 rings (SSSR count). The summed E-state index contributed by atoms with van der Waals surface area (Å²) in [6.45, 7) is 1.91. The van der Waals surface area contributed by atoms with Crippen LogP contribution < -0.4 is 5.32 Å². The molecule has 0 bridgehead atoms. The molecule has 1 aromatic heterocycles. The fourth-order valence-electron chi connectivity index (χ4n) is 1.18. The summed E-state index contributed by atoms with van der Waals surface area (Å²) in [6.07, 6.45) is 1.71. The van der Waals surface area contributed by atoms with Crippen molar-refractivity contribution in [1.82, 2.24) is 9.97 Å². The number of hydrogen-bond donors (Lipinski definition) is 2. The van der Waals surface area contributed by atoms with Crippen molar-refractivity contribution in [3.8, 4) is 0 Å². The highest BCUT2D eigenvalue weighted by Gasteiger charge is 1.98. The molecule has 1 aromatic carbocycles. The molecule has 1 heterocycles. The zero-order chi connectivity index (χ0) is 9.97. The fourth-order valence-corrected chi connectivity index (χ4v) is 1.18. The van der Waals surface area contributed by atoms with Crippen LogP contribution >= 0.6 is 0 Å². The van der Waals surface area contributed by atoms with Crippen LogP contribution in [0.4, 0.5) is 16.0 Å². The SMILES string of the molecule is Cc1cnc(Nc2cccc(F)c2)[nH]1. The number of halogens is 1. The van der Waals surface area contributed by atoms with Crippen LogP contribution in [-0.4, -0.2) is 9.97 Å². The first-order chi connectivity index (χ1) is 6.74. The molecule has 2 N–H and O–H groups in total. The number of anilines is 2. The van der Waals surface area contributed by atoms with Gasteiger partial charge in [0.1, 0.15) is 5.82 Å². The van der Waals surface area contributed by atoms with Crippen molar-refractivity contribution in [2.45, 2.75) is 6.92 Å². The maximum atomic E-state index is 12.8. The molecule has 14 heavy (non-hydrogen) atoms. The van der Waals surface area contributed by atoms with E-state index in [9.17, 15) is 4.39 Å². The number of H-pyrrole nitrogens is 1. The molecule has 0 aliphatic carbocycles. The Kier molecular flexibility index (Phi) is 2.18. The summed E-state index contributed by atoms with van der Waals surface area (Å²) in [5.74, 6) is 0.353. The number of nitrogens with one attached hydrogen (secondary N) is 2. The number of aryl methyl sites for hydroxylation is 1. The maximum Gasteiger partial charge on any atom is 0.204 e. The predicted octanol–water partition coefficient (Wildman–Crippen LogP) is 2.60. The smallest absolute Gasteiger partial charge is 0.204 e. The van der Waals surface area contributed by atoms with Crippen LogP contribution in [0.25, 0.3) is 0 Å². The van der Waals surface area contributed by atoms with E-state index in [1.54, 1.807) is 18.3 Å². The Bertz CT molecular complexity index is 436. The van der Waals surface area contributed by atoms with Crippen LogP contribution in [0.5, 0.6) is 0 Å². The van der Waals surface area contributed by atoms with Gasteiger partial charge in [0.05, 0.1) is 0 Å². The fraction of sp³-hybridized carbons (Fsp3) is 0.100. The van der Waals surface area contributed by atoms with Gasteiger partial charge in [-0.2, -0.15) is 0 Å². The van der Waals surface area contributed by atoms with Crippen molar-refractivity contribution in [1.29, 1.82) is 0 Å². The van der Waals surface area contributed by atoms with Crippen molar-refractivity contribution in [3.05, 3.63) is 42.0 Å². The first-order valence-electron chi connectivity index (χ1n) is 4.28. The lowest BCUT2D eigenvalue weighted by Gasteiger charge is -2.01. The lowest BCUT2D eigenvalue weighted by Crippen LogP contribution is -1.92. The molecule has 0 amide bonds. The van der Waals surface area contributed by atoms with Crippen molar-refractivity contribution in [3.63, 3.8) is 0 Å². The average molecular weight is 191 g/mol. The van der Waals surface area contributed by atoms with E-state index in [4.69, 9.17) is 0 Å². The summed E-state index contributed by atoms with van der Waals surface area (Å²) in [6, 6.07) is 6.24. The number of rotatable bonds is 2. The van der Waals surface area contributed by atoms with Crippen molar-refractivity contribution in [2.24, 2.45) is 0 Å². The van der Waals surface area contributed by atoms with E-state index in [1.807, 2.05) is 6.92 Å². The summed E-state index contributed by atoms with van der Waals surface area (Å²) in [5, 5.41) is 2.96. The monoisotopic (exact) mass is 191 g/mol. The standard InChI is InChI=1S/C10H10FN3/c1-7-6-12-10(13-7)14-9-4-2-3-8(11)5-9/h2-6H,1H3,(H2,12,13,14). The predicted molar refractivity (Wildman–Crippen MR) is 53.0 cm³/mol. The molecular formula is C10H10FN3. The van der Waals surface area contributed by atoms with Gasteiger partial charge in [-0.05, 0) is 25.1 Å².